The SMILES string of the molecule is CC(N)C(=O)NC(C(=O)NC(CO)C(=O)NC(CCC(N)=O)C(=O)O)C(C)O. The van der Waals surface area contributed by atoms with Crippen LogP contribution in [0.3, 0.4) is 0 Å². The van der Waals surface area contributed by atoms with E-state index in [4.69, 9.17) is 16.6 Å². The van der Waals surface area contributed by atoms with Crippen LogP contribution in [0.4, 0.5) is 0 Å². The molecule has 13 nitrogen and oxygen atoms in total. The Hall–Kier alpha value is -2.77. The number of carbonyl (C=O) groups is 5. The molecule has 0 aromatic heterocycles. The molecule has 13 heteroatoms. The van der Waals surface area contributed by atoms with E-state index >= 15 is 0 Å². The van der Waals surface area contributed by atoms with Crippen molar-refractivity contribution >= 4 is 29.6 Å². The number of amides is 4. The van der Waals surface area contributed by atoms with Gasteiger partial charge in [0.05, 0.1) is 18.8 Å². The number of primary amides is 1. The summed E-state index contributed by atoms with van der Waals surface area (Å²) in [5, 5.41) is 34.4. The quantitative estimate of drug-likeness (QED) is 0.156. The number of carboxylic acids is 1. The first-order valence-electron chi connectivity index (χ1n) is 8.37. The third-order valence-corrected chi connectivity index (χ3v) is 3.59. The summed E-state index contributed by atoms with van der Waals surface area (Å²) in [5.74, 6) is -4.98. The van der Waals surface area contributed by atoms with Crippen molar-refractivity contribution in [3.63, 3.8) is 0 Å². The number of aliphatic carboxylic acids is 1. The first-order chi connectivity index (χ1) is 12.9. The Bertz CT molecular complexity index is 595. The van der Waals surface area contributed by atoms with Crippen LogP contribution in [0, 0.1) is 0 Å². The fourth-order valence-corrected chi connectivity index (χ4v) is 1.96. The number of hydrogen-bond donors (Lipinski definition) is 8. The Kier molecular flexibility index (Phi) is 10.7. The molecule has 5 unspecified atom stereocenters. The van der Waals surface area contributed by atoms with E-state index in [-0.39, 0.29) is 12.8 Å². The zero-order valence-electron chi connectivity index (χ0n) is 15.5. The number of nitrogens with two attached hydrogens (primary N) is 2. The van der Waals surface area contributed by atoms with Gasteiger partial charge in [0.2, 0.25) is 23.6 Å². The number of hydrogen-bond acceptors (Lipinski definition) is 8. The highest BCUT2D eigenvalue weighted by molar-refractivity contribution is 5.94. The molecule has 0 aliphatic rings. The second-order valence-corrected chi connectivity index (χ2v) is 6.16. The summed E-state index contributed by atoms with van der Waals surface area (Å²) in [6.45, 7) is 1.67. The molecule has 10 N–H and O–H groups in total. The molecule has 160 valence electrons. The van der Waals surface area contributed by atoms with E-state index in [0.29, 0.717) is 0 Å². The molecule has 0 aromatic rings. The van der Waals surface area contributed by atoms with Gasteiger partial charge in [0, 0.05) is 6.42 Å². The monoisotopic (exact) mass is 405 g/mol. The second kappa shape index (κ2) is 11.8. The molecule has 0 heterocycles. The van der Waals surface area contributed by atoms with Gasteiger partial charge in [-0.25, -0.2) is 4.79 Å². The van der Waals surface area contributed by atoms with E-state index < -0.39 is 66.5 Å². The fraction of sp³-hybridized carbons (Fsp3) is 0.667. The molecular formula is C15H27N5O8. The topological polar surface area (TPSA) is 234 Å². The number of carbonyl (C=O) groups excluding carboxylic acids is 4. The van der Waals surface area contributed by atoms with Gasteiger partial charge in [-0.3, -0.25) is 19.2 Å². The molecule has 0 aliphatic carbocycles. The van der Waals surface area contributed by atoms with Crippen molar-refractivity contribution in [3.05, 3.63) is 0 Å². The minimum Gasteiger partial charge on any atom is -0.480 e. The lowest BCUT2D eigenvalue weighted by Gasteiger charge is -2.25. The van der Waals surface area contributed by atoms with Crippen LogP contribution < -0.4 is 27.4 Å². The van der Waals surface area contributed by atoms with Gasteiger partial charge < -0.3 is 42.7 Å². The minimum absolute atomic E-state index is 0.288. The highest BCUT2D eigenvalue weighted by Gasteiger charge is 2.31. The highest BCUT2D eigenvalue weighted by atomic mass is 16.4. The molecule has 4 amide bonds. The Morgan fingerprint density at radius 2 is 1.46 bits per heavy atom. The normalized spacial score (nSPS) is 16.0. The van der Waals surface area contributed by atoms with Gasteiger partial charge >= 0.3 is 5.97 Å². The number of rotatable bonds is 12. The van der Waals surface area contributed by atoms with Crippen LogP contribution in [0.5, 0.6) is 0 Å². The van der Waals surface area contributed by atoms with Crippen LogP contribution in [0.25, 0.3) is 0 Å². The summed E-state index contributed by atoms with van der Waals surface area (Å²) >= 11 is 0. The van der Waals surface area contributed by atoms with Crippen LogP contribution in [-0.2, 0) is 24.0 Å². The maximum atomic E-state index is 12.3. The molecule has 0 spiro atoms. The maximum absolute atomic E-state index is 12.3. The summed E-state index contributed by atoms with van der Waals surface area (Å²) in [6.07, 6.45) is -1.95. The first-order valence-corrected chi connectivity index (χ1v) is 8.37. The standard InChI is InChI=1S/C15H27N5O8/c1-6(16)12(24)20-11(7(2)22)14(26)19-9(5-21)13(25)18-8(15(27)28)3-4-10(17)23/h6-9,11,21-22H,3-5,16H2,1-2H3,(H2,17,23)(H,18,25)(H,19,26)(H,20,24)(H,27,28). The van der Waals surface area contributed by atoms with Gasteiger partial charge in [0.1, 0.15) is 18.1 Å². The molecule has 0 saturated carbocycles. The van der Waals surface area contributed by atoms with Crippen molar-refractivity contribution in [1.29, 1.82) is 0 Å². The van der Waals surface area contributed by atoms with Crippen LogP contribution in [0.2, 0.25) is 0 Å². The molecule has 0 aromatic carbocycles. The van der Waals surface area contributed by atoms with E-state index in [1.165, 1.54) is 13.8 Å². The molecule has 0 rings (SSSR count). The number of aliphatic hydroxyl groups excluding tert-OH is 2. The minimum atomic E-state index is -1.57. The van der Waals surface area contributed by atoms with Gasteiger partial charge in [0.25, 0.3) is 0 Å². The average Bonchev–Trinajstić information content (AvgIpc) is 2.59. The van der Waals surface area contributed by atoms with Crippen molar-refractivity contribution < 1.29 is 39.3 Å². The third-order valence-electron chi connectivity index (χ3n) is 3.59. The zero-order valence-corrected chi connectivity index (χ0v) is 15.5. The lowest BCUT2D eigenvalue weighted by Crippen LogP contribution is -2.60. The summed E-state index contributed by atoms with van der Waals surface area (Å²) in [4.78, 5) is 58.0. The lowest BCUT2D eigenvalue weighted by atomic mass is 10.1. The van der Waals surface area contributed by atoms with Gasteiger partial charge in [-0.2, -0.15) is 0 Å². The van der Waals surface area contributed by atoms with Crippen molar-refractivity contribution in [2.24, 2.45) is 11.5 Å². The van der Waals surface area contributed by atoms with E-state index in [2.05, 4.69) is 16.0 Å². The Labute approximate surface area is 160 Å². The number of nitrogens with one attached hydrogen (secondary N) is 3. The summed E-state index contributed by atoms with van der Waals surface area (Å²) in [6, 6.07) is -5.48. The summed E-state index contributed by atoms with van der Waals surface area (Å²) in [7, 11) is 0. The Morgan fingerprint density at radius 3 is 1.86 bits per heavy atom. The van der Waals surface area contributed by atoms with E-state index in [1.807, 2.05) is 0 Å². The van der Waals surface area contributed by atoms with Crippen LogP contribution in [0.15, 0.2) is 0 Å². The smallest absolute Gasteiger partial charge is 0.326 e. The molecular weight excluding hydrogens is 378 g/mol. The van der Waals surface area contributed by atoms with Crippen LogP contribution in [0.1, 0.15) is 26.7 Å². The Balaban J connectivity index is 5.09. The molecule has 0 fully saturated rings. The molecule has 0 bridgehead atoms. The molecule has 28 heavy (non-hydrogen) atoms. The summed E-state index contributed by atoms with van der Waals surface area (Å²) < 4.78 is 0. The Morgan fingerprint density at radius 1 is 0.929 bits per heavy atom. The third kappa shape index (κ3) is 8.75. The maximum Gasteiger partial charge on any atom is 0.326 e. The lowest BCUT2D eigenvalue weighted by molar-refractivity contribution is -0.143. The van der Waals surface area contributed by atoms with Gasteiger partial charge in [-0.05, 0) is 20.3 Å². The van der Waals surface area contributed by atoms with E-state index in [9.17, 15) is 34.2 Å². The van der Waals surface area contributed by atoms with E-state index in [0.717, 1.165) is 0 Å². The van der Waals surface area contributed by atoms with Gasteiger partial charge in [0.15, 0.2) is 0 Å². The molecule has 0 radical (unpaired) electrons. The number of carboxylic acid groups (broad SMARTS) is 1. The summed E-state index contributed by atoms with van der Waals surface area (Å²) in [5.41, 5.74) is 10.3. The highest BCUT2D eigenvalue weighted by Crippen LogP contribution is 2.00. The van der Waals surface area contributed by atoms with Crippen LogP contribution >= 0.6 is 0 Å². The van der Waals surface area contributed by atoms with Crippen molar-refractivity contribution in [1.82, 2.24) is 16.0 Å². The average molecular weight is 405 g/mol. The molecule has 0 aliphatic heterocycles. The van der Waals surface area contributed by atoms with Gasteiger partial charge in [-0.1, -0.05) is 0 Å². The second-order valence-electron chi connectivity index (χ2n) is 6.16. The zero-order chi connectivity index (χ0) is 22.0. The van der Waals surface area contributed by atoms with Crippen molar-refractivity contribution in [3.8, 4) is 0 Å². The van der Waals surface area contributed by atoms with E-state index in [1.54, 1.807) is 0 Å². The predicted octanol–water partition coefficient (Wildman–Crippen LogP) is -4.49. The largest absolute Gasteiger partial charge is 0.480 e. The van der Waals surface area contributed by atoms with Crippen molar-refractivity contribution in [2.45, 2.75) is 57.0 Å². The van der Waals surface area contributed by atoms with Crippen LogP contribution in [-0.4, -0.2) is 81.8 Å². The fourth-order valence-electron chi connectivity index (χ4n) is 1.96. The molecule has 5 atom stereocenters. The number of aliphatic hydroxyl groups is 2. The molecule has 0 saturated heterocycles. The first kappa shape index (κ1) is 25.2. The van der Waals surface area contributed by atoms with Gasteiger partial charge in [-0.15, -0.1) is 0 Å². The van der Waals surface area contributed by atoms with Crippen molar-refractivity contribution in [2.75, 3.05) is 6.61 Å². The predicted molar refractivity (Wildman–Crippen MR) is 94.3 cm³/mol.